The van der Waals surface area contributed by atoms with E-state index in [0.717, 1.165) is 12.8 Å². The molecule has 0 aromatic rings. The molecule has 1 heterocycles. The first-order valence-corrected chi connectivity index (χ1v) is 7.98. The van der Waals surface area contributed by atoms with Crippen molar-refractivity contribution in [1.29, 1.82) is 5.26 Å². The highest BCUT2D eigenvalue weighted by atomic mass is 16.6. The second-order valence-electron chi connectivity index (χ2n) is 6.85. The average molecular weight is 328 g/mol. The van der Waals surface area contributed by atoms with Gasteiger partial charge in [-0.25, -0.2) is 4.79 Å². The van der Waals surface area contributed by atoms with Crippen LogP contribution in [0, 0.1) is 11.3 Å². The second-order valence-corrected chi connectivity index (χ2v) is 6.85. The molecule has 7 nitrogen and oxygen atoms in total. The number of β-amino-alcohol motifs (C(OH)–C–C–N with tert-alkyl or cyclic N) is 1. The van der Waals surface area contributed by atoms with Crippen molar-refractivity contribution in [2.45, 2.75) is 51.2 Å². The Balaban J connectivity index is 2.47. The standard InChI is InChI=1S/C16H28N2O5/c1-15(2,3)23-14(19)18-8-10-22-13-16(20,11-18)12-21-9-6-4-5-7-17/h20H,4-6,8-13H2,1-3H3. The molecule has 0 spiro atoms. The van der Waals surface area contributed by atoms with E-state index in [2.05, 4.69) is 6.07 Å². The van der Waals surface area contributed by atoms with Crippen LogP contribution < -0.4 is 0 Å². The topological polar surface area (TPSA) is 92.0 Å². The number of amides is 1. The number of unbranched alkanes of at least 4 members (excludes halogenated alkanes) is 2. The summed E-state index contributed by atoms with van der Waals surface area (Å²) in [5.41, 5.74) is -1.83. The lowest BCUT2D eigenvalue weighted by Crippen LogP contribution is -2.50. The summed E-state index contributed by atoms with van der Waals surface area (Å²) < 4.78 is 16.2. The lowest BCUT2D eigenvalue weighted by atomic mass is 10.1. The van der Waals surface area contributed by atoms with Crippen LogP contribution in [0.2, 0.25) is 0 Å². The van der Waals surface area contributed by atoms with Crippen LogP contribution in [-0.2, 0) is 14.2 Å². The Labute approximate surface area is 138 Å². The zero-order chi connectivity index (χ0) is 17.3. The molecule has 1 aliphatic rings. The van der Waals surface area contributed by atoms with Crippen molar-refractivity contribution in [3.05, 3.63) is 0 Å². The average Bonchev–Trinajstić information content (AvgIpc) is 2.63. The molecule has 23 heavy (non-hydrogen) atoms. The quantitative estimate of drug-likeness (QED) is 0.746. The molecule has 1 fully saturated rings. The van der Waals surface area contributed by atoms with Gasteiger partial charge in [0.1, 0.15) is 11.2 Å². The SMILES string of the molecule is CC(C)(C)OC(=O)N1CCOCC(O)(COCCCCC#N)C1. The number of hydrogen-bond donors (Lipinski definition) is 1. The Kier molecular flexibility index (Phi) is 7.76. The smallest absolute Gasteiger partial charge is 0.410 e. The molecule has 0 aromatic carbocycles. The molecule has 1 atom stereocenters. The molecule has 0 radical (unpaired) electrons. The van der Waals surface area contributed by atoms with Gasteiger partial charge in [0.15, 0.2) is 0 Å². The van der Waals surface area contributed by atoms with Gasteiger partial charge in [-0.15, -0.1) is 0 Å². The number of rotatable bonds is 6. The highest BCUT2D eigenvalue weighted by Crippen LogP contribution is 2.17. The third-order valence-corrected chi connectivity index (χ3v) is 3.21. The van der Waals surface area contributed by atoms with Crippen molar-refractivity contribution in [3.63, 3.8) is 0 Å². The zero-order valence-corrected chi connectivity index (χ0v) is 14.3. The van der Waals surface area contributed by atoms with E-state index in [1.165, 1.54) is 4.90 Å². The van der Waals surface area contributed by atoms with Crippen molar-refractivity contribution in [2.24, 2.45) is 0 Å². The van der Waals surface area contributed by atoms with Crippen LogP contribution in [0.3, 0.4) is 0 Å². The van der Waals surface area contributed by atoms with E-state index in [1.807, 2.05) is 0 Å². The van der Waals surface area contributed by atoms with Gasteiger partial charge in [-0.3, -0.25) is 0 Å². The lowest BCUT2D eigenvalue weighted by Gasteiger charge is -2.32. The van der Waals surface area contributed by atoms with Crippen LogP contribution in [-0.4, -0.2) is 66.8 Å². The summed E-state index contributed by atoms with van der Waals surface area (Å²) in [7, 11) is 0. The molecule has 7 heteroatoms. The van der Waals surface area contributed by atoms with Crippen molar-refractivity contribution in [1.82, 2.24) is 4.90 Å². The van der Waals surface area contributed by atoms with E-state index in [1.54, 1.807) is 20.8 Å². The number of aliphatic hydroxyl groups is 1. The van der Waals surface area contributed by atoms with E-state index in [4.69, 9.17) is 19.5 Å². The molecule has 0 saturated carbocycles. The van der Waals surface area contributed by atoms with Crippen molar-refractivity contribution in [3.8, 4) is 6.07 Å². The number of carbonyl (C=O) groups excluding carboxylic acids is 1. The van der Waals surface area contributed by atoms with Crippen LogP contribution in [0.1, 0.15) is 40.0 Å². The van der Waals surface area contributed by atoms with Crippen LogP contribution in [0.5, 0.6) is 0 Å². The zero-order valence-electron chi connectivity index (χ0n) is 14.3. The molecule has 1 rings (SSSR count). The molecule has 1 aliphatic heterocycles. The van der Waals surface area contributed by atoms with Crippen molar-refractivity contribution in [2.75, 3.05) is 39.5 Å². The minimum absolute atomic E-state index is 0.0822. The minimum atomic E-state index is -1.25. The predicted molar refractivity (Wildman–Crippen MR) is 83.9 cm³/mol. The van der Waals surface area contributed by atoms with Crippen molar-refractivity contribution >= 4 is 6.09 Å². The highest BCUT2D eigenvalue weighted by molar-refractivity contribution is 5.68. The van der Waals surface area contributed by atoms with Gasteiger partial charge in [0.25, 0.3) is 0 Å². The fourth-order valence-corrected chi connectivity index (χ4v) is 2.16. The molecule has 1 N–H and O–H groups in total. The summed E-state index contributed by atoms with van der Waals surface area (Å²) in [4.78, 5) is 13.6. The summed E-state index contributed by atoms with van der Waals surface area (Å²) in [5, 5.41) is 19.1. The molecular formula is C16H28N2O5. The lowest BCUT2D eigenvalue weighted by molar-refractivity contribution is -0.0908. The Morgan fingerprint density at radius 3 is 2.83 bits per heavy atom. The Morgan fingerprint density at radius 1 is 1.43 bits per heavy atom. The van der Waals surface area contributed by atoms with Crippen LogP contribution in [0.25, 0.3) is 0 Å². The highest BCUT2D eigenvalue weighted by Gasteiger charge is 2.36. The Bertz CT molecular complexity index is 416. The van der Waals surface area contributed by atoms with Gasteiger partial charge < -0.3 is 24.2 Å². The first-order chi connectivity index (χ1) is 10.8. The summed E-state index contributed by atoms with van der Waals surface area (Å²) >= 11 is 0. The summed E-state index contributed by atoms with van der Waals surface area (Å²) in [6.45, 7) is 6.91. The van der Waals surface area contributed by atoms with Gasteiger partial charge in [-0.2, -0.15) is 5.26 Å². The molecular weight excluding hydrogens is 300 g/mol. The molecule has 0 aromatic heterocycles. The molecule has 1 saturated heterocycles. The normalized spacial score (nSPS) is 22.3. The minimum Gasteiger partial charge on any atom is -0.444 e. The van der Waals surface area contributed by atoms with E-state index < -0.39 is 17.3 Å². The maximum Gasteiger partial charge on any atom is 0.410 e. The van der Waals surface area contributed by atoms with E-state index >= 15 is 0 Å². The van der Waals surface area contributed by atoms with E-state index in [9.17, 15) is 9.90 Å². The number of nitriles is 1. The number of hydrogen-bond acceptors (Lipinski definition) is 6. The molecule has 132 valence electrons. The number of carbonyl (C=O) groups is 1. The maximum atomic E-state index is 12.2. The van der Waals surface area contributed by atoms with Crippen LogP contribution in [0.15, 0.2) is 0 Å². The summed E-state index contributed by atoms with van der Waals surface area (Å²) in [6.07, 6.45) is 1.58. The van der Waals surface area contributed by atoms with Gasteiger partial charge in [0, 0.05) is 19.6 Å². The molecule has 0 aliphatic carbocycles. The van der Waals surface area contributed by atoms with Gasteiger partial charge in [-0.1, -0.05) is 0 Å². The van der Waals surface area contributed by atoms with Crippen LogP contribution in [0.4, 0.5) is 4.79 Å². The van der Waals surface area contributed by atoms with E-state index in [-0.39, 0.29) is 19.8 Å². The van der Waals surface area contributed by atoms with Crippen LogP contribution >= 0.6 is 0 Å². The first-order valence-electron chi connectivity index (χ1n) is 7.98. The third-order valence-electron chi connectivity index (χ3n) is 3.21. The Hall–Kier alpha value is -1.36. The van der Waals surface area contributed by atoms with Gasteiger partial charge >= 0.3 is 6.09 Å². The second kappa shape index (κ2) is 9.06. The fourth-order valence-electron chi connectivity index (χ4n) is 2.16. The molecule has 1 unspecified atom stereocenters. The maximum absolute atomic E-state index is 12.2. The van der Waals surface area contributed by atoms with E-state index in [0.29, 0.717) is 26.2 Å². The number of nitrogens with zero attached hydrogens (tertiary/aromatic N) is 2. The van der Waals surface area contributed by atoms with Gasteiger partial charge in [0.2, 0.25) is 0 Å². The summed E-state index contributed by atoms with van der Waals surface area (Å²) in [6, 6.07) is 2.08. The van der Waals surface area contributed by atoms with Gasteiger partial charge in [0.05, 0.1) is 32.4 Å². The summed E-state index contributed by atoms with van der Waals surface area (Å²) in [5.74, 6) is 0. The molecule has 1 amide bonds. The molecule has 0 bridgehead atoms. The van der Waals surface area contributed by atoms with Crippen molar-refractivity contribution < 1.29 is 24.1 Å². The number of ether oxygens (including phenoxy) is 3. The third kappa shape index (κ3) is 8.16. The largest absolute Gasteiger partial charge is 0.444 e. The fraction of sp³-hybridized carbons (Fsp3) is 0.875. The first kappa shape index (κ1) is 19.7. The van der Waals surface area contributed by atoms with Gasteiger partial charge in [-0.05, 0) is 33.6 Å². The monoisotopic (exact) mass is 328 g/mol. The Morgan fingerprint density at radius 2 is 2.17 bits per heavy atom. The predicted octanol–water partition coefficient (Wildman–Crippen LogP) is 1.70.